The molecular weight excluding hydrogens is 710 g/mol. The minimum Gasteiger partial charge on any atom is -0.493 e. The number of primary amides is 1. The number of hydrogen-bond acceptors (Lipinski definition) is 9. The second-order valence-corrected chi connectivity index (χ2v) is 15.7. The Morgan fingerprint density at radius 3 is 2.33 bits per heavy atom. The van der Waals surface area contributed by atoms with Crippen LogP contribution in [0.15, 0.2) is 24.3 Å². The quantitative estimate of drug-likeness (QED) is 0.0931. The first-order valence-corrected chi connectivity index (χ1v) is 19.4. The molecule has 3 aliphatic rings. The van der Waals surface area contributed by atoms with E-state index in [0.29, 0.717) is 56.6 Å². The van der Waals surface area contributed by atoms with Crippen molar-refractivity contribution in [2.75, 3.05) is 26.3 Å². The number of hydrogen-bond donors (Lipinski definition) is 8. The number of guanidine groups is 1. The van der Waals surface area contributed by atoms with E-state index < -0.39 is 65.2 Å². The minimum atomic E-state index is -1.34. The predicted octanol–water partition coefficient (Wildman–Crippen LogP) is 0.543. The van der Waals surface area contributed by atoms with Gasteiger partial charge < -0.3 is 52.4 Å². The first-order valence-electron chi connectivity index (χ1n) is 19.4. The second-order valence-electron chi connectivity index (χ2n) is 15.7. The fraction of sp³-hybridized carbons (Fsp3) is 0.658. The van der Waals surface area contributed by atoms with E-state index in [0.717, 1.165) is 19.3 Å². The zero-order chi connectivity index (χ0) is 40.1. The van der Waals surface area contributed by atoms with E-state index in [1.807, 2.05) is 0 Å². The smallest absolute Gasteiger partial charge is 0.246 e. The molecule has 5 atom stereocenters. The molecule has 1 aliphatic carbocycles. The van der Waals surface area contributed by atoms with Crippen molar-refractivity contribution >= 4 is 41.4 Å². The molecule has 4 rings (SSSR count). The number of fused-ring (bicyclic) bond motifs is 3. The highest BCUT2D eigenvalue weighted by molar-refractivity contribution is 5.96. The number of nitrogens with zero attached hydrogens (tertiary/aromatic N) is 1. The number of nitrogens with one attached hydrogen (secondary N) is 6. The van der Waals surface area contributed by atoms with Crippen LogP contribution < -0.4 is 47.5 Å². The number of carbonyl (C=O) groups is 6. The maximum Gasteiger partial charge on any atom is 0.246 e. The van der Waals surface area contributed by atoms with Gasteiger partial charge in [0.05, 0.1) is 6.61 Å². The lowest BCUT2D eigenvalue weighted by molar-refractivity contribution is -0.140. The Morgan fingerprint density at radius 2 is 1.65 bits per heavy atom. The average molecular weight is 770 g/mol. The van der Waals surface area contributed by atoms with E-state index in [1.54, 1.807) is 49.9 Å². The van der Waals surface area contributed by atoms with Crippen LogP contribution in [0.3, 0.4) is 0 Å². The molecule has 0 spiro atoms. The normalized spacial score (nSPS) is 22.9. The largest absolute Gasteiger partial charge is 0.493 e. The van der Waals surface area contributed by atoms with Gasteiger partial charge in [0.1, 0.15) is 48.3 Å². The third-order valence-electron chi connectivity index (χ3n) is 10.3. The van der Waals surface area contributed by atoms with Gasteiger partial charge in [-0.25, -0.2) is 0 Å². The molecule has 1 aromatic rings. The van der Waals surface area contributed by atoms with Crippen molar-refractivity contribution in [3.05, 3.63) is 24.3 Å². The summed E-state index contributed by atoms with van der Waals surface area (Å²) in [4.78, 5) is 83.2. The first-order chi connectivity index (χ1) is 26.1. The van der Waals surface area contributed by atoms with Crippen LogP contribution >= 0.6 is 0 Å². The molecule has 17 nitrogen and oxygen atoms in total. The zero-order valence-corrected chi connectivity index (χ0v) is 32.2. The van der Waals surface area contributed by atoms with Gasteiger partial charge in [0.25, 0.3) is 0 Å². The monoisotopic (exact) mass is 769 g/mol. The van der Waals surface area contributed by atoms with Crippen molar-refractivity contribution < 1.29 is 38.2 Å². The van der Waals surface area contributed by atoms with E-state index in [-0.39, 0.29) is 50.4 Å². The Balaban J connectivity index is 1.65. The van der Waals surface area contributed by atoms with Gasteiger partial charge in [-0.15, -0.1) is 0 Å². The lowest BCUT2D eigenvalue weighted by Crippen LogP contribution is -2.62. The van der Waals surface area contributed by atoms with Gasteiger partial charge in [-0.1, -0.05) is 46.1 Å². The summed E-state index contributed by atoms with van der Waals surface area (Å²) >= 11 is 0. The summed E-state index contributed by atoms with van der Waals surface area (Å²) < 4.78 is 11.9. The van der Waals surface area contributed by atoms with Crippen LogP contribution in [0.1, 0.15) is 91.4 Å². The highest BCUT2D eigenvalue weighted by Crippen LogP contribution is 2.28. The Kier molecular flexibility index (Phi) is 15.5. The Bertz CT molecular complexity index is 1540. The lowest BCUT2D eigenvalue weighted by atomic mass is 9.83. The van der Waals surface area contributed by atoms with Crippen LogP contribution in [0.5, 0.6) is 11.5 Å². The number of amides is 6. The zero-order valence-electron chi connectivity index (χ0n) is 32.2. The van der Waals surface area contributed by atoms with Crippen molar-refractivity contribution in [3.8, 4) is 11.5 Å². The van der Waals surface area contributed by atoms with Gasteiger partial charge in [-0.2, -0.15) is 0 Å². The van der Waals surface area contributed by atoms with Crippen LogP contribution in [0, 0.1) is 16.7 Å². The van der Waals surface area contributed by atoms with Gasteiger partial charge in [0.2, 0.25) is 35.4 Å². The van der Waals surface area contributed by atoms with Crippen molar-refractivity contribution in [1.82, 2.24) is 31.5 Å². The number of ether oxygens (including phenoxy) is 2. The molecular formula is C38H59N9O8. The van der Waals surface area contributed by atoms with Gasteiger partial charge in [0, 0.05) is 25.6 Å². The Morgan fingerprint density at radius 1 is 0.945 bits per heavy atom. The van der Waals surface area contributed by atoms with Gasteiger partial charge in [-0.3, -0.25) is 34.2 Å². The summed E-state index contributed by atoms with van der Waals surface area (Å²) in [5.74, 6) is -2.98. The summed E-state index contributed by atoms with van der Waals surface area (Å²) in [6.07, 6.45) is 6.26. The van der Waals surface area contributed by atoms with Crippen LogP contribution in [0.2, 0.25) is 0 Å². The molecule has 2 fully saturated rings. The number of benzene rings is 1. The molecule has 10 N–H and O–H groups in total. The van der Waals surface area contributed by atoms with Gasteiger partial charge in [-0.05, 0) is 68.4 Å². The third kappa shape index (κ3) is 12.7. The molecule has 2 heterocycles. The Hall–Kier alpha value is -5.09. The summed E-state index contributed by atoms with van der Waals surface area (Å²) in [6.45, 7) is 5.80. The molecule has 55 heavy (non-hydrogen) atoms. The number of rotatable bonds is 10. The fourth-order valence-corrected chi connectivity index (χ4v) is 7.31. The third-order valence-corrected chi connectivity index (χ3v) is 10.3. The fourth-order valence-electron chi connectivity index (χ4n) is 7.31. The second kappa shape index (κ2) is 20.0. The van der Waals surface area contributed by atoms with E-state index in [4.69, 9.17) is 26.4 Å². The number of nitrogens with two attached hydrogens (primary N) is 2. The van der Waals surface area contributed by atoms with E-state index in [1.165, 1.54) is 0 Å². The van der Waals surface area contributed by atoms with Crippen molar-refractivity contribution in [2.24, 2.45) is 22.8 Å². The van der Waals surface area contributed by atoms with Crippen LogP contribution in [0.25, 0.3) is 0 Å². The van der Waals surface area contributed by atoms with E-state index in [9.17, 15) is 28.8 Å². The average Bonchev–Trinajstić information content (AvgIpc) is 3.64. The molecule has 1 unspecified atom stereocenters. The topological polar surface area (TPSA) is 260 Å². The summed E-state index contributed by atoms with van der Waals surface area (Å²) in [5.41, 5.74) is 10.3. The molecule has 1 saturated carbocycles. The highest BCUT2D eigenvalue weighted by atomic mass is 16.5. The summed E-state index contributed by atoms with van der Waals surface area (Å²) in [7, 11) is 0. The van der Waals surface area contributed by atoms with Gasteiger partial charge >= 0.3 is 0 Å². The molecule has 0 aromatic heterocycles. The Labute approximate surface area is 322 Å². The van der Waals surface area contributed by atoms with Crippen LogP contribution in [0.4, 0.5) is 0 Å². The van der Waals surface area contributed by atoms with Crippen LogP contribution in [-0.4, -0.2) is 103 Å². The molecule has 2 bridgehead atoms. The molecule has 1 saturated heterocycles. The maximum atomic E-state index is 14.3. The number of carbonyl (C=O) groups excluding carboxylic acids is 6. The SMILES string of the molecule is CC(C)(C)[C@H](NC(=O)[C@H](CCCNC(=N)N)NC(=O)[C@@H]1COc2cccc(c2)OCCCC(=O)N2CCC[C@H]2C(=O)NC(C2CCCCC2)C(=O)N1)C(N)=O. The van der Waals surface area contributed by atoms with E-state index in [2.05, 4.69) is 26.6 Å². The molecule has 0 radical (unpaired) electrons. The van der Waals surface area contributed by atoms with Crippen LogP contribution in [-0.2, 0) is 28.8 Å². The van der Waals surface area contributed by atoms with Gasteiger partial charge in [0.15, 0.2) is 5.96 Å². The van der Waals surface area contributed by atoms with Crippen molar-refractivity contribution in [3.63, 3.8) is 0 Å². The summed E-state index contributed by atoms with van der Waals surface area (Å²) in [5, 5.41) is 21.3. The molecule has 1 aromatic carbocycles. The highest BCUT2D eigenvalue weighted by Gasteiger charge is 2.40. The van der Waals surface area contributed by atoms with Crippen molar-refractivity contribution in [1.29, 1.82) is 5.41 Å². The van der Waals surface area contributed by atoms with E-state index >= 15 is 0 Å². The standard InChI is InChI=1S/C38H59N9O8/c1-38(2,3)31(32(39)49)46-33(50)26(15-8-18-42-37(40)41)43-34(51)27-22-55-25-14-7-13-24(21-25)54-20-10-17-29(48)47-19-9-16-28(47)35(52)45-30(36(53)44-27)23-11-5-4-6-12-23/h7,13-14,21,23,26-28,30-31H,4-6,8-12,15-20,22H2,1-3H3,(H2,39,49)(H,43,51)(H,44,53)(H,45,52)(H,46,50)(H4,40,41,42)/t26-,27-,28-,30?,31+/m0/s1. The molecule has 6 amide bonds. The van der Waals surface area contributed by atoms with Crippen molar-refractivity contribution in [2.45, 2.75) is 122 Å². The molecule has 17 heteroatoms. The first kappa shape index (κ1) is 42.6. The maximum absolute atomic E-state index is 14.3. The molecule has 2 aliphatic heterocycles. The summed E-state index contributed by atoms with van der Waals surface area (Å²) in [6, 6.07) is 1.44. The predicted molar refractivity (Wildman–Crippen MR) is 203 cm³/mol. The lowest BCUT2D eigenvalue weighted by Gasteiger charge is -2.33. The molecule has 304 valence electrons. The minimum absolute atomic E-state index is 0.0751.